The number of ether oxygens (including phenoxy) is 1. The van der Waals surface area contributed by atoms with E-state index in [1.807, 2.05) is 0 Å². The topological polar surface area (TPSA) is 130 Å². The molecule has 0 radical (unpaired) electrons. The number of carboxylic acid groups (broad SMARTS) is 1. The van der Waals surface area contributed by atoms with E-state index in [-0.39, 0.29) is 35.9 Å². The molecule has 0 spiro atoms. The summed E-state index contributed by atoms with van der Waals surface area (Å²) in [6, 6.07) is 0. The molecule has 188 valence electrons. The lowest BCUT2D eigenvalue weighted by Gasteiger charge is -2.62. The molecule has 9 atom stereocenters. The van der Waals surface area contributed by atoms with Crippen LogP contribution in [0, 0.1) is 46.3 Å². The van der Waals surface area contributed by atoms with Crippen LogP contribution in [-0.4, -0.2) is 46.2 Å². The summed E-state index contributed by atoms with van der Waals surface area (Å²) in [6.07, 6.45) is 8.80. The van der Waals surface area contributed by atoms with Crippen LogP contribution in [0.4, 0.5) is 4.79 Å². The number of primary amides is 1. The van der Waals surface area contributed by atoms with Crippen molar-refractivity contribution in [3.63, 3.8) is 0 Å². The highest BCUT2D eigenvalue weighted by Gasteiger charge is 2.62. The molecule has 0 saturated heterocycles. The largest absolute Gasteiger partial charge is 0.481 e. The van der Waals surface area contributed by atoms with Gasteiger partial charge >= 0.3 is 12.1 Å². The molecule has 4 rings (SSSR count). The van der Waals surface area contributed by atoms with Gasteiger partial charge in [-0.3, -0.25) is 4.79 Å². The number of carbonyl (C=O) groups excluding carboxylic acids is 1. The molecule has 5 N–H and O–H groups in total. The molecule has 1 amide bonds. The average Bonchev–Trinajstić information content (AvgIpc) is 3.11. The van der Waals surface area contributed by atoms with Crippen LogP contribution in [0.25, 0.3) is 0 Å². The summed E-state index contributed by atoms with van der Waals surface area (Å²) in [5.41, 5.74) is 4.90. The Morgan fingerprint density at radius 3 is 2.36 bits per heavy atom. The van der Waals surface area contributed by atoms with Gasteiger partial charge in [0.15, 0.2) is 0 Å². The van der Waals surface area contributed by atoms with Gasteiger partial charge in [0.2, 0.25) is 0 Å². The van der Waals surface area contributed by atoms with Crippen LogP contribution >= 0.6 is 0 Å². The maximum absolute atomic E-state index is 11.9. The standard InChI is InChI=1S/C26H43NO6/c1-24-10-11-26(33-23(27)32,13-16(15-29)8-12-28)14-17(24)3-4-18-19-5-6-21(22(30)31)25(19,2)9-7-20(18)24/h16-21,28-29H,3-15H2,1-2H3,(H2,27,32)(H,30,31)/t16?,17?,18-,19-,20-,21?,24-,25-,26?/m0/s1. The second-order valence-corrected chi connectivity index (χ2v) is 12.2. The van der Waals surface area contributed by atoms with Crippen LogP contribution in [0.3, 0.4) is 0 Å². The minimum atomic E-state index is -0.757. The fourth-order valence-electron chi connectivity index (χ4n) is 9.21. The Labute approximate surface area is 197 Å². The predicted octanol–water partition coefficient (Wildman–Crippen LogP) is 3.95. The Morgan fingerprint density at radius 2 is 1.73 bits per heavy atom. The van der Waals surface area contributed by atoms with E-state index in [1.54, 1.807) is 0 Å². The summed E-state index contributed by atoms with van der Waals surface area (Å²) >= 11 is 0. The molecule has 4 saturated carbocycles. The lowest BCUT2D eigenvalue weighted by Crippen LogP contribution is -2.57. The number of rotatable bonds is 7. The second-order valence-electron chi connectivity index (χ2n) is 12.2. The summed E-state index contributed by atoms with van der Waals surface area (Å²) in [5.74, 6) is 1.13. The van der Waals surface area contributed by atoms with E-state index in [4.69, 9.17) is 10.5 Å². The lowest BCUT2D eigenvalue weighted by atomic mass is 9.43. The number of carbonyl (C=O) groups is 2. The molecule has 33 heavy (non-hydrogen) atoms. The Kier molecular flexibility index (Phi) is 6.78. The van der Waals surface area contributed by atoms with Crippen molar-refractivity contribution in [3.8, 4) is 0 Å². The first-order valence-corrected chi connectivity index (χ1v) is 13.0. The van der Waals surface area contributed by atoms with Gasteiger partial charge in [-0.25, -0.2) is 4.79 Å². The number of aliphatic carboxylic acids is 1. The smallest absolute Gasteiger partial charge is 0.405 e. The van der Waals surface area contributed by atoms with E-state index in [0.29, 0.717) is 36.5 Å². The Balaban J connectivity index is 1.55. The Morgan fingerprint density at radius 1 is 1.00 bits per heavy atom. The molecule has 4 unspecified atom stereocenters. The van der Waals surface area contributed by atoms with E-state index in [1.165, 1.54) is 0 Å². The van der Waals surface area contributed by atoms with Gasteiger partial charge in [0.1, 0.15) is 5.60 Å². The maximum Gasteiger partial charge on any atom is 0.405 e. The van der Waals surface area contributed by atoms with Crippen LogP contribution in [0.5, 0.6) is 0 Å². The van der Waals surface area contributed by atoms with Gasteiger partial charge in [-0.15, -0.1) is 0 Å². The van der Waals surface area contributed by atoms with Crippen molar-refractivity contribution in [2.75, 3.05) is 13.2 Å². The number of hydrogen-bond donors (Lipinski definition) is 4. The summed E-state index contributed by atoms with van der Waals surface area (Å²) in [5, 5.41) is 29.0. The summed E-state index contributed by atoms with van der Waals surface area (Å²) in [6.45, 7) is 4.62. The minimum absolute atomic E-state index is 0.000267. The van der Waals surface area contributed by atoms with E-state index in [0.717, 1.165) is 57.8 Å². The quantitative estimate of drug-likeness (QED) is 0.450. The highest BCUT2D eigenvalue weighted by atomic mass is 16.6. The molecule has 4 aliphatic rings. The zero-order chi connectivity index (χ0) is 24.0. The Bertz CT molecular complexity index is 759. The van der Waals surface area contributed by atoms with E-state index < -0.39 is 17.7 Å². The SMILES string of the molecule is C[C@]12CCC(CC(CO)CCO)(OC(N)=O)CC1CC[C@@H]1[C@@H]2CC[C@]2(C)C(C(=O)O)CC[C@@H]12. The molecule has 7 heteroatoms. The number of nitrogens with two attached hydrogens (primary N) is 1. The predicted molar refractivity (Wildman–Crippen MR) is 123 cm³/mol. The van der Waals surface area contributed by atoms with Crippen LogP contribution in [-0.2, 0) is 9.53 Å². The highest BCUT2D eigenvalue weighted by Crippen LogP contribution is 2.68. The third kappa shape index (κ3) is 4.18. The fourth-order valence-corrected chi connectivity index (χ4v) is 9.21. The van der Waals surface area contributed by atoms with Crippen molar-refractivity contribution >= 4 is 12.1 Å². The summed E-state index contributed by atoms with van der Waals surface area (Å²) < 4.78 is 5.79. The van der Waals surface area contributed by atoms with Crippen LogP contribution in [0.15, 0.2) is 0 Å². The normalized spacial score (nSPS) is 45.4. The van der Waals surface area contributed by atoms with Gasteiger partial charge in [-0.1, -0.05) is 13.8 Å². The zero-order valence-corrected chi connectivity index (χ0v) is 20.3. The molecule has 4 fully saturated rings. The minimum Gasteiger partial charge on any atom is -0.481 e. The molecule has 0 aromatic carbocycles. The van der Waals surface area contributed by atoms with Crippen LogP contribution < -0.4 is 5.73 Å². The second kappa shape index (κ2) is 9.03. The van der Waals surface area contributed by atoms with Gasteiger partial charge < -0.3 is 25.8 Å². The van der Waals surface area contributed by atoms with Gasteiger partial charge in [-0.2, -0.15) is 0 Å². The van der Waals surface area contributed by atoms with Crippen molar-refractivity contribution in [2.45, 2.75) is 90.1 Å². The van der Waals surface area contributed by atoms with Gasteiger partial charge in [0, 0.05) is 13.2 Å². The monoisotopic (exact) mass is 465 g/mol. The molecule has 0 aromatic heterocycles. The van der Waals surface area contributed by atoms with Crippen molar-refractivity contribution in [1.29, 1.82) is 0 Å². The van der Waals surface area contributed by atoms with Crippen molar-refractivity contribution in [2.24, 2.45) is 52.1 Å². The fraction of sp³-hybridized carbons (Fsp3) is 0.923. The number of carboxylic acids is 1. The highest BCUT2D eigenvalue weighted by molar-refractivity contribution is 5.71. The first-order chi connectivity index (χ1) is 15.6. The molecule has 0 aliphatic heterocycles. The summed E-state index contributed by atoms with van der Waals surface area (Å²) in [4.78, 5) is 23.8. The zero-order valence-electron chi connectivity index (χ0n) is 20.3. The van der Waals surface area contributed by atoms with Crippen molar-refractivity contribution in [1.82, 2.24) is 0 Å². The molecule has 4 aliphatic carbocycles. The number of fused-ring (bicyclic) bond motifs is 5. The Hall–Kier alpha value is -1.34. The summed E-state index contributed by atoms with van der Waals surface area (Å²) in [7, 11) is 0. The number of hydrogen-bond acceptors (Lipinski definition) is 5. The van der Waals surface area contributed by atoms with E-state index in [9.17, 15) is 24.9 Å². The lowest BCUT2D eigenvalue weighted by molar-refractivity contribution is -0.163. The number of amides is 1. The van der Waals surface area contributed by atoms with Crippen LogP contribution in [0.1, 0.15) is 84.5 Å². The molecular weight excluding hydrogens is 422 g/mol. The number of aliphatic hydroxyl groups excluding tert-OH is 2. The molecule has 0 aromatic rings. The average molecular weight is 466 g/mol. The molecule has 0 bridgehead atoms. The molecule has 0 heterocycles. The van der Waals surface area contributed by atoms with Gasteiger partial charge in [-0.05, 0) is 111 Å². The van der Waals surface area contributed by atoms with E-state index >= 15 is 0 Å². The number of aliphatic hydroxyl groups is 2. The third-order valence-electron chi connectivity index (χ3n) is 10.9. The third-order valence-corrected chi connectivity index (χ3v) is 10.9. The first kappa shape index (κ1) is 24.8. The van der Waals surface area contributed by atoms with Gasteiger partial charge in [0.25, 0.3) is 0 Å². The van der Waals surface area contributed by atoms with Gasteiger partial charge in [0.05, 0.1) is 5.92 Å². The molecular formula is C26H43NO6. The molecule has 7 nitrogen and oxygen atoms in total. The van der Waals surface area contributed by atoms with E-state index in [2.05, 4.69) is 13.8 Å². The van der Waals surface area contributed by atoms with Crippen molar-refractivity contribution < 1.29 is 29.6 Å². The maximum atomic E-state index is 11.9. The van der Waals surface area contributed by atoms with Crippen LogP contribution in [0.2, 0.25) is 0 Å². The van der Waals surface area contributed by atoms with Crippen molar-refractivity contribution in [3.05, 3.63) is 0 Å². The first-order valence-electron chi connectivity index (χ1n) is 13.0.